The van der Waals surface area contributed by atoms with Crippen molar-refractivity contribution < 1.29 is 0 Å². The van der Waals surface area contributed by atoms with Crippen LogP contribution in [-0.2, 0) is 0 Å². The maximum absolute atomic E-state index is 8.44. The Bertz CT molecular complexity index is 163. The molecule has 2 atom stereocenters. The number of rotatable bonds is 2. The van der Waals surface area contributed by atoms with E-state index in [2.05, 4.69) is 30.1 Å². The van der Waals surface area contributed by atoms with E-state index in [1.165, 1.54) is 0 Å². The zero-order valence-corrected chi connectivity index (χ0v) is 7.88. The van der Waals surface area contributed by atoms with E-state index in [1.54, 1.807) is 0 Å². The average molecular weight is 167 g/mol. The van der Waals surface area contributed by atoms with Gasteiger partial charge in [-0.25, -0.2) is 0 Å². The molecule has 0 aromatic carbocycles. The molecule has 1 heterocycles. The number of nitrogens with one attached hydrogen (secondary N) is 1. The number of nitrogens with zero attached hydrogens (tertiary/aromatic N) is 2. The highest BCUT2D eigenvalue weighted by Crippen LogP contribution is 2.03. The Labute approximate surface area is 74.4 Å². The highest BCUT2D eigenvalue weighted by Gasteiger charge is 2.19. The Hall–Kier alpha value is -0.590. The molecule has 0 aromatic heterocycles. The monoisotopic (exact) mass is 167 g/mol. The van der Waals surface area contributed by atoms with Crippen molar-refractivity contribution in [3.8, 4) is 6.07 Å². The van der Waals surface area contributed by atoms with Crippen molar-refractivity contribution in [3.63, 3.8) is 0 Å². The lowest BCUT2D eigenvalue weighted by atomic mass is 10.1. The van der Waals surface area contributed by atoms with Crippen LogP contribution in [0.3, 0.4) is 0 Å². The van der Waals surface area contributed by atoms with Gasteiger partial charge < -0.3 is 5.32 Å². The van der Waals surface area contributed by atoms with Crippen LogP contribution in [0.4, 0.5) is 0 Å². The van der Waals surface area contributed by atoms with Gasteiger partial charge in [-0.05, 0) is 13.8 Å². The van der Waals surface area contributed by atoms with E-state index in [-0.39, 0.29) is 0 Å². The van der Waals surface area contributed by atoms with Crippen molar-refractivity contribution in [2.75, 3.05) is 19.6 Å². The quantitative estimate of drug-likeness (QED) is 0.654. The van der Waals surface area contributed by atoms with Gasteiger partial charge in [-0.1, -0.05) is 0 Å². The van der Waals surface area contributed by atoms with Crippen LogP contribution < -0.4 is 5.32 Å². The van der Waals surface area contributed by atoms with Crippen molar-refractivity contribution in [3.05, 3.63) is 0 Å². The van der Waals surface area contributed by atoms with Gasteiger partial charge in [0.05, 0.1) is 6.07 Å². The number of hydrogen-bond acceptors (Lipinski definition) is 3. The van der Waals surface area contributed by atoms with Gasteiger partial charge >= 0.3 is 0 Å². The first kappa shape index (κ1) is 9.50. The number of piperazine rings is 1. The van der Waals surface area contributed by atoms with Gasteiger partial charge in [0.2, 0.25) is 0 Å². The molecule has 0 spiro atoms. The third-order valence-electron chi connectivity index (χ3n) is 2.17. The van der Waals surface area contributed by atoms with E-state index in [0.717, 1.165) is 19.6 Å². The van der Waals surface area contributed by atoms with E-state index in [9.17, 15) is 0 Å². The maximum atomic E-state index is 8.44. The summed E-state index contributed by atoms with van der Waals surface area (Å²) < 4.78 is 0. The Morgan fingerprint density at radius 3 is 2.50 bits per heavy atom. The third-order valence-corrected chi connectivity index (χ3v) is 2.17. The van der Waals surface area contributed by atoms with Gasteiger partial charge in [-0.15, -0.1) is 0 Å². The summed E-state index contributed by atoms with van der Waals surface area (Å²) in [6.07, 6.45) is 0.652. The molecule has 0 aromatic rings. The lowest BCUT2D eigenvalue weighted by Gasteiger charge is -2.35. The Balaban J connectivity index is 2.30. The summed E-state index contributed by atoms with van der Waals surface area (Å²) >= 11 is 0. The van der Waals surface area contributed by atoms with Crippen LogP contribution in [0.25, 0.3) is 0 Å². The lowest BCUT2D eigenvalue weighted by Crippen LogP contribution is -2.54. The summed E-state index contributed by atoms with van der Waals surface area (Å²) in [5.41, 5.74) is 0. The maximum Gasteiger partial charge on any atom is 0.0635 e. The normalized spacial score (nSPS) is 31.4. The average Bonchev–Trinajstić information content (AvgIpc) is 1.99. The molecule has 3 nitrogen and oxygen atoms in total. The fourth-order valence-electron chi connectivity index (χ4n) is 1.83. The molecule has 3 heteroatoms. The first-order chi connectivity index (χ1) is 5.72. The molecule has 1 saturated heterocycles. The van der Waals surface area contributed by atoms with E-state index < -0.39 is 0 Å². The zero-order chi connectivity index (χ0) is 8.97. The van der Waals surface area contributed by atoms with Gasteiger partial charge in [0.1, 0.15) is 0 Å². The summed E-state index contributed by atoms with van der Waals surface area (Å²) in [7, 11) is 0. The lowest BCUT2D eigenvalue weighted by molar-refractivity contribution is 0.177. The van der Waals surface area contributed by atoms with Crippen LogP contribution in [0.2, 0.25) is 0 Å². The van der Waals surface area contributed by atoms with Gasteiger partial charge in [-0.3, -0.25) is 4.90 Å². The molecule has 68 valence electrons. The van der Waals surface area contributed by atoms with Crippen molar-refractivity contribution >= 4 is 0 Å². The topological polar surface area (TPSA) is 39.1 Å². The molecule has 1 rings (SSSR count). The number of hydrogen-bond donors (Lipinski definition) is 1. The van der Waals surface area contributed by atoms with Crippen LogP contribution in [-0.4, -0.2) is 36.6 Å². The van der Waals surface area contributed by atoms with E-state index >= 15 is 0 Å². The minimum atomic E-state index is 0.562. The highest BCUT2D eigenvalue weighted by molar-refractivity contribution is 4.82. The Kier molecular flexibility index (Phi) is 3.51. The van der Waals surface area contributed by atoms with Crippen molar-refractivity contribution in [2.45, 2.75) is 32.4 Å². The van der Waals surface area contributed by atoms with Crippen molar-refractivity contribution in [1.29, 1.82) is 5.26 Å². The van der Waals surface area contributed by atoms with Gasteiger partial charge in [0.25, 0.3) is 0 Å². The van der Waals surface area contributed by atoms with E-state index in [1.807, 2.05) is 0 Å². The molecule has 1 fully saturated rings. The van der Waals surface area contributed by atoms with Crippen LogP contribution >= 0.6 is 0 Å². The van der Waals surface area contributed by atoms with Crippen LogP contribution in [0.15, 0.2) is 0 Å². The summed E-state index contributed by atoms with van der Waals surface area (Å²) in [6.45, 7) is 7.45. The predicted octanol–water partition coefficient (Wildman–Crippen LogP) is 0.582. The molecule has 12 heavy (non-hydrogen) atoms. The molecule has 0 aliphatic carbocycles. The van der Waals surface area contributed by atoms with E-state index in [4.69, 9.17) is 5.26 Å². The second-order valence-electron chi connectivity index (χ2n) is 3.64. The molecule has 0 bridgehead atoms. The molecular formula is C9H17N3. The second kappa shape index (κ2) is 4.44. The standard InChI is InChI=1S/C9H17N3/c1-8-6-12(5-3-4-10)7-9(2)11-8/h8-9,11H,3,5-7H2,1-2H3/t8-,9+. The molecule has 0 amide bonds. The fourth-order valence-corrected chi connectivity index (χ4v) is 1.83. The van der Waals surface area contributed by atoms with Gasteiger partial charge in [0, 0.05) is 38.1 Å². The van der Waals surface area contributed by atoms with Crippen LogP contribution in [0, 0.1) is 11.3 Å². The summed E-state index contributed by atoms with van der Waals surface area (Å²) in [5.74, 6) is 0. The van der Waals surface area contributed by atoms with Gasteiger partial charge in [-0.2, -0.15) is 5.26 Å². The predicted molar refractivity (Wildman–Crippen MR) is 48.7 cm³/mol. The molecule has 1 aliphatic rings. The van der Waals surface area contributed by atoms with Crippen molar-refractivity contribution in [2.24, 2.45) is 0 Å². The molecule has 1 N–H and O–H groups in total. The summed E-state index contributed by atoms with van der Waals surface area (Å²) in [6, 6.07) is 3.31. The first-order valence-electron chi connectivity index (χ1n) is 4.57. The molecule has 0 saturated carbocycles. The molecule has 0 radical (unpaired) electrons. The molecule has 0 unspecified atom stereocenters. The zero-order valence-electron chi connectivity index (χ0n) is 7.88. The first-order valence-corrected chi connectivity index (χ1v) is 4.57. The molecular weight excluding hydrogens is 150 g/mol. The molecule has 1 aliphatic heterocycles. The Morgan fingerprint density at radius 1 is 1.42 bits per heavy atom. The number of nitriles is 1. The third kappa shape index (κ3) is 2.80. The summed E-state index contributed by atoms with van der Waals surface area (Å²) in [4.78, 5) is 2.36. The van der Waals surface area contributed by atoms with Crippen molar-refractivity contribution in [1.82, 2.24) is 10.2 Å². The van der Waals surface area contributed by atoms with Gasteiger partial charge in [0.15, 0.2) is 0 Å². The SMILES string of the molecule is C[C@@H]1CN(CCC#N)C[C@H](C)N1. The fraction of sp³-hybridized carbons (Fsp3) is 0.889. The summed E-state index contributed by atoms with van der Waals surface area (Å²) in [5, 5.41) is 11.9. The highest BCUT2D eigenvalue weighted by atomic mass is 15.2. The van der Waals surface area contributed by atoms with E-state index in [0.29, 0.717) is 18.5 Å². The van der Waals surface area contributed by atoms with Crippen LogP contribution in [0.1, 0.15) is 20.3 Å². The second-order valence-corrected chi connectivity index (χ2v) is 3.64. The Morgan fingerprint density at radius 2 is 2.00 bits per heavy atom. The largest absolute Gasteiger partial charge is 0.309 e. The van der Waals surface area contributed by atoms with Crippen LogP contribution in [0.5, 0.6) is 0 Å². The minimum Gasteiger partial charge on any atom is -0.309 e. The minimum absolute atomic E-state index is 0.562. The smallest absolute Gasteiger partial charge is 0.0635 e.